The van der Waals surface area contributed by atoms with Crippen LogP contribution in [0.1, 0.15) is 23.3 Å². The van der Waals surface area contributed by atoms with Gasteiger partial charge in [0.15, 0.2) is 0 Å². The van der Waals surface area contributed by atoms with E-state index in [4.69, 9.17) is 16.7 Å². The van der Waals surface area contributed by atoms with Gasteiger partial charge in [0, 0.05) is 18.3 Å². The summed E-state index contributed by atoms with van der Waals surface area (Å²) < 4.78 is 0.676. The van der Waals surface area contributed by atoms with E-state index in [1.807, 2.05) is 6.07 Å². The average molecular weight is 331 g/mol. The maximum atomic E-state index is 11.8. The standard InChI is InChI=1S/C12H11ClN2O3S2/c13-9-4-3-8(20-9)12-15-7(6-19-12)11(18)14-5-1-2-10(16)17/h3-4,6H,1-2,5H2,(H,14,18)(H,16,17). The van der Waals surface area contributed by atoms with E-state index < -0.39 is 5.97 Å². The summed E-state index contributed by atoms with van der Waals surface area (Å²) in [5, 5.41) is 13.6. The normalized spacial score (nSPS) is 10.4. The van der Waals surface area contributed by atoms with Crippen LogP contribution in [0.2, 0.25) is 4.34 Å². The van der Waals surface area contributed by atoms with Crippen LogP contribution in [0.3, 0.4) is 0 Å². The number of amides is 1. The molecule has 0 aliphatic carbocycles. The maximum Gasteiger partial charge on any atom is 0.303 e. The fraction of sp³-hybridized carbons (Fsp3) is 0.250. The van der Waals surface area contributed by atoms with E-state index in [1.54, 1.807) is 11.4 Å². The number of hydrogen-bond acceptors (Lipinski definition) is 5. The van der Waals surface area contributed by atoms with E-state index >= 15 is 0 Å². The lowest BCUT2D eigenvalue weighted by molar-refractivity contribution is -0.137. The molecule has 106 valence electrons. The molecular weight excluding hydrogens is 320 g/mol. The molecule has 0 radical (unpaired) electrons. The second-order valence-electron chi connectivity index (χ2n) is 3.89. The third-order valence-corrected chi connectivity index (χ3v) is 4.62. The number of carboxylic acids is 1. The van der Waals surface area contributed by atoms with Crippen LogP contribution in [0, 0.1) is 0 Å². The molecule has 0 fully saturated rings. The summed E-state index contributed by atoms with van der Waals surface area (Å²) in [5.74, 6) is -1.16. The Hall–Kier alpha value is -1.44. The first-order chi connectivity index (χ1) is 9.56. The van der Waals surface area contributed by atoms with Gasteiger partial charge in [-0.3, -0.25) is 9.59 Å². The monoisotopic (exact) mass is 330 g/mol. The Morgan fingerprint density at radius 1 is 1.40 bits per heavy atom. The zero-order valence-electron chi connectivity index (χ0n) is 10.3. The minimum absolute atomic E-state index is 0.0380. The molecular formula is C12H11ClN2O3S2. The van der Waals surface area contributed by atoms with E-state index in [2.05, 4.69) is 10.3 Å². The van der Waals surface area contributed by atoms with Crippen LogP contribution in [-0.4, -0.2) is 28.5 Å². The van der Waals surface area contributed by atoms with Crippen molar-refractivity contribution in [3.63, 3.8) is 0 Å². The summed E-state index contributed by atoms with van der Waals surface area (Å²) in [5.41, 5.74) is 0.338. The number of hydrogen-bond donors (Lipinski definition) is 2. The van der Waals surface area contributed by atoms with E-state index in [9.17, 15) is 9.59 Å². The SMILES string of the molecule is O=C(O)CCCNC(=O)c1csc(-c2ccc(Cl)s2)n1. The summed E-state index contributed by atoms with van der Waals surface area (Å²) >= 11 is 8.64. The van der Waals surface area contributed by atoms with Crippen LogP contribution in [0.4, 0.5) is 0 Å². The van der Waals surface area contributed by atoms with Crippen LogP contribution in [0.5, 0.6) is 0 Å². The molecule has 8 heteroatoms. The molecule has 20 heavy (non-hydrogen) atoms. The van der Waals surface area contributed by atoms with Gasteiger partial charge in [-0.15, -0.1) is 22.7 Å². The van der Waals surface area contributed by atoms with Crippen molar-refractivity contribution in [2.24, 2.45) is 0 Å². The topological polar surface area (TPSA) is 79.3 Å². The number of carbonyl (C=O) groups excluding carboxylic acids is 1. The zero-order chi connectivity index (χ0) is 14.5. The molecule has 0 saturated carbocycles. The number of nitrogens with zero attached hydrogens (tertiary/aromatic N) is 1. The minimum atomic E-state index is -0.871. The first-order valence-electron chi connectivity index (χ1n) is 5.77. The van der Waals surface area contributed by atoms with Crippen LogP contribution < -0.4 is 5.32 Å². The Morgan fingerprint density at radius 3 is 2.85 bits per heavy atom. The molecule has 0 unspecified atom stereocenters. The van der Waals surface area contributed by atoms with Crippen LogP contribution in [0.25, 0.3) is 9.88 Å². The summed E-state index contributed by atoms with van der Waals surface area (Å²) in [4.78, 5) is 27.3. The Morgan fingerprint density at radius 2 is 2.20 bits per heavy atom. The molecule has 0 aliphatic heterocycles. The second kappa shape index (κ2) is 6.83. The number of thiazole rings is 1. The van der Waals surface area contributed by atoms with E-state index in [0.29, 0.717) is 23.0 Å². The van der Waals surface area contributed by atoms with Crippen molar-refractivity contribution in [1.29, 1.82) is 0 Å². The molecule has 2 rings (SSSR count). The lowest BCUT2D eigenvalue weighted by Crippen LogP contribution is -2.25. The Bertz CT molecular complexity index is 624. The van der Waals surface area contributed by atoms with Gasteiger partial charge in [0.05, 0.1) is 9.21 Å². The zero-order valence-corrected chi connectivity index (χ0v) is 12.6. The summed E-state index contributed by atoms with van der Waals surface area (Å²) in [6.07, 6.45) is 0.439. The number of aliphatic carboxylic acids is 1. The van der Waals surface area contributed by atoms with Crippen molar-refractivity contribution in [3.8, 4) is 9.88 Å². The van der Waals surface area contributed by atoms with Gasteiger partial charge >= 0.3 is 5.97 Å². The molecule has 0 aromatic carbocycles. The summed E-state index contributed by atoms with van der Waals surface area (Å²) in [7, 11) is 0. The predicted octanol–water partition coefficient (Wildman–Crippen LogP) is 3.12. The molecule has 2 aromatic rings. The number of carboxylic acid groups (broad SMARTS) is 1. The Kier molecular flexibility index (Phi) is 5.11. The number of halogens is 1. The van der Waals surface area contributed by atoms with Crippen molar-refractivity contribution in [3.05, 3.63) is 27.5 Å². The van der Waals surface area contributed by atoms with Crippen molar-refractivity contribution in [1.82, 2.24) is 10.3 Å². The number of rotatable bonds is 6. The molecule has 0 saturated heterocycles. The van der Waals surface area contributed by atoms with Gasteiger partial charge in [0.25, 0.3) is 5.91 Å². The van der Waals surface area contributed by atoms with Gasteiger partial charge in [-0.25, -0.2) is 4.98 Å². The van der Waals surface area contributed by atoms with Gasteiger partial charge in [0.2, 0.25) is 0 Å². The van der Waals surface area contributed by atoms with E-state index in [1.165, 1.54) is 22.7 Å². The minimum Gasteiger partial charge on any atom is -0.481 e. The van der Waals surface area contributed by atoms with Gasteiger partial charge < -0.3 is 10.4 Å². The van der Waals surface area contributed by atoms with Crippen molar-refractivity contribution in [2.75, 3.05) is 6.54 Å². The predicted molar refractivity (Wildman–Crippen MR) is 79.6 cm³/mol. The van der Waals surface area contributed by atoms with Gasteiger partial charge in [-0.1, -0.05) is 11.6 Å². The van der Waals surface area contributed by atoms with Crippen molar-refractivity contribution < 1.29 is 14.7 Å². The lowest BCUT2D eigenvalue weighted by atomic mass is 10.3. The first kappa shape index (κ1) is 15.0. The smallest absolute Gasteiger partial charge is 0.303 e. The van der Waals surface area contributed by atoms with Crippen molar-refractivity contribution >= 4 is 46.2 Å². The quantitative estimate of drug-likeness (QED) is 0.797. The molecule has 2 aromatic heterocycles. The maximum absolute atomic E-state index is 11.8. The highest BCUT2D eigenvalue weighted by Crippen LogP contribution is 2.32. The Labute approximate surface area is 128 Å². The third kappa shape index (κ3) is 4.03. The largest absolute Gasteiger partial charge is 0.481 e. The number of aromatic nitrogens is 1. The van der Waals surface area contributed by atoms with Gasteiger partial charge in [-0.05, 0) is 18.6 Å². The summed E-state index contributed by atoms with van der Waals surface area (Å²) in [6.45, 7) is 0.322. The average Bonchev–Trinajstić information content (AvgIpc) is 3.02. The molecule has 0 aliphatic rings. The number of carbonyl (C=O) groups is 2. The van der Waals surface area contributed by atoms with Crippen LogP contribution in [0.15, 0.2) is 17.5 Å². The highest BCUT2D eigenvalue weighted by Gasteiger charge is 2.12. The molecule has 1 amide bonds. The lowest BCUT2D eigenvalue weighted by Gasteiger charge is -2.00. The molecule has 0 spiro atoms. The summed E-state index contributed by atoms with van der Waals surface area (Å²) in [6, 6.07) is 3.65. The Balaban J connectivity index is 1.91. The molecule has 0 bridgehead atoms. The van der Waals surface area contributed by atoms with E-state index in [0.717, 1.165) is 9.88 Å². The number of nitrogens with one attached hydrogen (secondary N) is 1. The van der Waals surface area contributed by atoms with Gasteiger partial charge in [0.1, 0.15) is 10.7 Å². The fourth-order valence-electron chi connectivity index (χ4n) is 1.45. The van der Waals surface area contributed by atoms with Crippen LogP contribution >= 0.6 is 34.3 Å². The third-order valence-electron chi connectivity index (χ3n) is 2.37. The highest BCUT2D eigenvalue weighted by molar-refractivity contribution is 7.23. The molecule has 5 nitrogen and oxygen atoms in total. The van der Waals surface area contributed by atoms with Crippen LogP contribution in [-0.2, 0) is 4.79 Å². The second-order valence-corrected chi connectivity index (χ2v) is 6.47. The highest BCUT2D eigenvalue weighted by atomic mass is 35.5. The molecule has 2 N–H and O–H groups in total. The molecule has 0 atom stereocenters. The van der Waals surface area contributed by atoms with Crippen molar-refractivity contribution in [2.45, 2.75) is 12.8 Å². The fourth-order valence-corrected chi connectivity index (χ4v) is 3.37. The van der Waals surface area contributed by atoms with Gasteiger partial charge in [-0.2, -0.15) is 0 Å². The van der Waals surface area contributed by atoms with E-state index in [-0.39, 0.29) is 12.3 Å². The first-order valence-corrected chi connectivity index (χ1v) is 7.85. The number of thiophene rings is 1. The molecule has 2 heterocycles.